The third kappa shape index (κ3) is 1.69. The molecule has 3 N–H and O–H groups in total. The summed E-state index contributed by atoms with van der Waals surface area (Å²) < 4.78 is 6.22. The van der Waals surface area contributed by atoms with Gasteiger partial charge in [-0.1, -0.05) is 26.8 Å². The fourth-order valence-corrected chi connectivity index (χ4v) is 6.78. The number of ether oxygens (including phenoxy) is 1. The molecule has 0 aromatic heterocycles. The molecule has 0 aromatic rings. The van der Waals surface area contributed by atoms with Crippen LogP contribution in [0.3, 0.4) is 0 Å². The summed E-state index contributed by atoms with van der Waals surface area (Å²) in [7, 11) is 0. The van der Waals surface area contributed by atoms with Crippen LogP contribution in [0, 0.1) is 22.2 Å². The number of hydrogen-bond acceptors (Lipinski definition) is 4. The maximum atomic E-state index is 12.0. The van der Waals surface area contributed by atoms with Crippen LogP contribution in [0.4, 0.5) is 0 Å². The molecular formula is C20H32O4. The fraction of sp³-hybridized carbons (Fsp3) is 0.900. The molecule has 1 aliphatic heterocycles. The Hall–Kier alpha value is -0.420. The SMILES string of the molecule is C=C[C@]1(C)CC[C@]2(O)[C@]3(C)[C@@H](O)CC[C@](C)(CO)[C@@H]3C[C@H]3O[C@]32C1. The standard InChI is InChI=1S/C20H32O4/c1-5-16(2)8-9-20(23)18(4)13(10-15-19(20,11-16)24-15)17(3,12-21)7-6-14(18)22/h5,13-15,21-23H,1,6-12H2,2-4H3/t13-,14-,15+,16+,17+,18-,19+,20-/m0/s1. The van der Waals surface area contributed by atoms with Crippen LogP contribution in [0.1, 0.15) is 59.3 Å². The van der Waals surface area contributed by atoms with Gasteiger partial charge in [0.2, 0.25) is 0 Å². The average molecular weight is 336 g/mol. The number of aliphatic hydroxyl groups excluding tert-OH is 2. The Kier molecular flexibility index (Phi) is 3.29. The highest BCUT2D eigenvalue weighted by molar-refractivity contribution is 5.32. The summed E-state index contributed by atoms with van der Waals surface area (Å²) in [6, 6.07) is 0. The Morgan fingerprint density at radius 1 is 1.21 bits per heavy atom. The lowest BCUT2D eigenvalue weighted by atomic mass is 9.40. The zero-order valence-corrected chi connectivity index (χ0v) is 15.2. The van der Waals surface area contributed by atoms with Gasteiger partial charge >= 0.3 is 0 Å². The van der Waals surface area contributed by atoms with Crippen LogP contribution in [0.25, 0.3) is 0 Å². The Morgan fingerprint density at radius 2 is 1.92 bits per heavy atom. The number of rotatable bonds is 2. The molecule has 0 aromatic carbocycles. The molecule has 24 heavy (non-hydrogen) atoms. The van der Waals surface area contributed by atoms with E-state index >= 15 is 0 Å². The smallest absolute Gasteiger partial charge is 0.125 e. The molecule has 4 aliphatic rings. The van der Waals surface area contributed by atoms with Gasteiger partial charge in [-0.3, -0.25) is 0 Å². The molecule has 1 heterocycles. The minimum absolute atomic E-state index is 0.0237. The van der Waals surface area contributed by atoms with Gasteiger partial charge in [0.05, 0.1) is 12.2 Å². The minimum Gasteiger partial charge on any atom is -0.396 e. The van der Waals surface area contributed by atoms with Gasteiger partial charge in [0.15, 0.2) is 0 Å². The molecule has 4 rings (SSSR count). The van der Waals surface area contributed by atoms with Crippen LogP contribution >= 0.6 is 0 Å². The summed E-state index contributed by atoms with van der Waals surface area (Å²) in [4.78, 5) is 0. The molecule has 3 saturated carbocycles. The first-order valence-electron chi connectivity index (χ1n) is 9.44. The van der Waals surface area contributed by atoms with Crippen molar-refractivity contribution in [2.24, 2.45) is 22.2 Å². The average Bonchev–Trinajstić information content (AvgIpc) is 3.26. The number of fused-ring (bicyclic) bond motifs is 2. The summed E-state index contributed by atoms with van der Waals surface area (Å²) in [5, 5.41) is 33.0. The number of hydrogen-bond donors (Lipinski definition) is 3. The zero-order chi connectivity index (χ0) is 17.6. The Bertz CT molecular complexity index is 578. The molecule has 8 atom stereocenters. The summed E-state index contributed by atoms with van der Waals surface area (Å²) in [5.41, 5.74) is -2.51. The molecule has 4 nitrogen and oxygen atoms in total. The fourth-order valence-electron chi connectivity index (χ4n) is 6.78. The molecular weight excluding hydrogens is 304 g/mol. The van der Waals surface area contributed by atoms with E-state index in [1.54, 1.807) is 0 Å². The highest BCUT2D eigenvalue weighted by Gasteiger charge is 2.82. The first-order valence-corrected chi connectivity index (χ1v) is 9.44. The summed E-state index contributed by atoms with van der Waals surface area (Å²) >= 11 is 0. The summed E-state index contributed by atoms with van der Waals surface area (Å²) in [6.45, 7) is 10.4. The zero-order valence-electron chi connectivity index (χ0n) is 15.2. The van der Waals surface area contributed by atoms with Crippen molar-refractivity contribution >= 4 is 0 Å². The molecule has 0 unspecified atom stereocenters. The predicted octanol–water partition coefficient (Wildman–Crippen LogP) is 2.41. The predicted molar refractivity (Wildman–Crippen MR) is 91.4 cm³/mol. The van der Waals surface area contributed by atoms with Crippen molar-refractivity contribution in [1.29, 1.82) is 0 Å². The van der Waals surface area contributed by atoms with Crippen molar-refractivity contribution in [1.82, 2.24) is 0 Å². The lowest BCUT2D eigenvalue weighted by Gasteiger charge is -2.65. The molecule has 1 saturated heterocycles. The topological polar surface area (TPSA) is 73.2 Å². The van der Waals surface area contributed by atoms with E-state index < -0.39 is 22.7 Å². The maximum absolute atomic E-state index is 12.0. The van der Waals surface area contributed by atoms with Gasteiger partial charge in [-0.25, -0.2) is 0 Å². The Labute approximate surface area is 144 Å². The summed E-state index contributed by atoms with van der Waals surface area (Å²) in [5.74, 6) is 0.0671. The molecule has 1 spiro atoms. The van der Waals surface area contributed by atoms with E-state index in [2.05, 4.69) is 20.4 Å². The van der Waals surface area contributed by atoms with Crippen LogP contribution in [-0.4, -0.2) is 45.3 Å². The van der Waals surface area contributed by atoms with Crippen molar-refractivity contribution in [3.8, 4) is 0 Å². The molecule has 3 aliphatic carbocycles. The second-order valence-corrected chi connectivity index (χ2v) is 9.83. The third-order valence-electron chi connectivity index (χ3n) is 8.68. The highest BCUT2D eigenvalue weighted by atomic mass is 16.6. The Morgan fingerprint density at radius 3 is 2.54 bits per heavy atom. The van der Waals surface area contributed by atoms with Crippen LogP contribution in [0.15, 0.2) is 12.7 Å². The van der Waals surface area contributed by atoms with Gasteiger partial charge in [-0.15, -0.1) is 6.58 Å². The van der Waals surface area contributed by atoms with Gasteiger partial charge in [0, 0.05) is 12.0 Å². The number of aliphatic hydroxyl groups is 3. The molecule has 0 amide bonds. The van der Waals surface area contributed by atoms with Crippen molar-refractivity contribution in [3.05, 3.63) is 12.7 Å². The normalized spacial score (nSPS) is 62.2. The van der Waals surface area contributed by atoms with Gasteiger partial charge in [0.1, 0.15) is 11.2 Å². The van der Waals surface area contributed by atoms with Crippen molar-refractivity contribution < 1.29 is 20.1 Å². The summed E-state index contributed by atoms with van der Waals surface area (Å²) in [6.07, 6.45) is 5.99. The minimum atomic E-state index is -1.04. The highest BCUT2D eigenvalue weighted by Crippen LogP contribution is 2.74. The molecule has 4 heteroatoms. The van der Waals surface area contributed by atoms with E-state index in [9.17, 15) is 15.3 Å². The van der Waals surface area contributed by atoms with Crippen molar-refractivity contribution in [2.45, 2.75) is 82.7 Å². The van der Waals surface area contributed by atoms with Gasteiger partial charge in [-0.05, 0) is 55.3 Å². The van der Waals surface area contributed by atoms with Gasteiger partial charge < -0.3 is 20.1 Å². The van der Waals surface area contributed by atoms with E-state index in [-0.39, 0.29) is 29.5 Å². The largest absolute Gasteiger partial charge is 0.396 e. The van der Waals surface area contributed by atoms with E-state index in [0.29, 0.717) is 12.8 Å². The van der Waals surface area contributed by atoms with E-state index in [0.717, 1.165) is 25.7 Å². The lowest BCUT2D eigenvalue weighted by molar-refractivity contribution is -0.264. The lowest BCUT2D eigenvalue weighted by Crippen LogP contribution is -2.73. The first kappa shape index (κ1) is 17.0. The van der Waals surface area contributed by atoms with Gasteiger partial charge in [0.25, 0.3) is 0 Å². The second kappa shape index (κ2) is 4.64. The van der Waals surface area contributed by atoms with Gasteiger partial charge in [-0.2, -0.15) is 0 Å². The third-order valence-corrected chi connectivity index (χ3v) is 8.68. The van der Waals surface area contributed by atoms with E-state index in [4.69, 9.17) is 4.74 Å². The van der Waals surface area contributed by atoms with Crippen LogP contribution in [-0.2, 0) is 4.74 Å². The monoisotopic (exact) mass is 336 g/mol. The second-order valence-electron chi connectivity index (χ2n) is 9.83. The van der Waals surface area contributed by atoms with Crippen LogP contribution in [0.5, 0.6) is 0 Å². The quantitative estimate of drug-likeness (QED) is 0.535. The van der Waals surface area contributed by atoms with Crippen LogP contribution < -0.4 is 0 Å². The van der Waals surface area contributed by atoms with E-state index in [1.807, 2.05) is 13.0 Å². The Balaban J connectivity index is 1.81. The first-order chi connectivity index (χ1) is 11.1. The molecule has 4 fully saturated rings. The molecule has 0 bridgehead atoms. The maximum Gasteiger partial charge on any atom is 0.125 e. The molecule has 136 valence electrons. The molecule has 0 radical (unpaired) electrons. The van der Waals surface area contributed by atoms with Crippen LogP contribution in [0.2, 0.25) is 0 Å². The van der Waals surface area contributed by atoms with Crippen molar-refractivity contribution in [2.75, 3.05) is 6.61 Å². The van der Waals surface area contributed by atoms with E-state index in [1.165, 1.54) is 0 Å². The van der Waals surface area contributed by atoms with Crippen molar-refractivity contribution in [3.63, 3.8) is 0 Å². The number of allylic oxidation sites excluding steroid dienone is 1. The number of epoxide rings is 1.